The lowest BCUT2D eigenvalue weighted by atomic mass is 10.2. The quantitative estimate of drug-likeness (QED) is 0.749. The third-order valence-corrected chi connectivity index (χ3v) is 3.90. The Balaban J connectivity index is 2.01. The van der Waals surface area contributed by atoms with Crippen molar-refractivity contribution in [2.24, 2.45) is 0 Å². The third kappa shape index (κ3) is 5.77. The molecule has 0 saturated carbocycles. The lowest BCUT2D eigenvalue weighted by Gasteiger charge is -2.20. The maximum absolute atomic E-state index is 12.0. The summed E-state index contributed by atoms with van der Waals surface area (Å²) >= 11 is 0. The number of amides is 1. The smallest absolute Gasteiger partial charge is 0.262 e. The number of hydrogen-bond acceptors (Lipinski definition) is 4. The van der Waals surface area contributed by atoms with Crippen molar-refractivity contribution < 1.29 is 14.3 Å². The number of likely N-dealkylation sites (N-methyl/N-ethyl adjacent to an activating group) is 1. The third-order valence-electron chi connectivity index (χ3n) is 3.90. The number of nitrogens with one attached hydrogen (secondary N) is 1. The van der Waals surface area contributed by atoms with E-state index in [1.165, 1.54) is 10.5 Å². The topological polar surface area (TPSA) is 50.8 Å². The molecule has 1 unspecified atom stereocenters. The first-order valence-electron chi connectivity index (χ1n) is 8.89. The van der Waals surface area contributed by atoms with Crippen LogP contribution >= 0.6 is 0 Å². The van der Waals surface area contributed by atoms with Gasteiger partial charge in [0.15, 0.2) is 17.6 Å². The minimum absolute atomic E-state index is 0.0824. The van der Waals surface area contributed by atoms with Gasteiger partial charge in [0.2, 0.25) is 0 Å². The SMILES string of the molecule is CCOc1cc(CNCc2ccccc2)ccc1OC(C)C(=O)N(C)C. The first-order valence-corrected chi connectivity index (χ1v) is 8.89. The molecule has 1 N–H and O–H groups in total. The highest BCUT2D eigenvalue weighted by atomic mass is 16.5. The van der Waals surface area contributed by atoms with Crippen LogP contribution in [0.3, 0.4) is 0 Å². The number of carbonyl (C=O) groups excluding carboxylic acids is 1. The fourth-order valence-corrected chi connectivity index (χ4v) is 2.58. The molecule has 1 atom stereocenters. The van der Waals surface area contributed by atoms with E-state index in [1.54, 1.807) is 21.0 Å². The lowest BCUT2D eigenvalue weighted by molar-refractivity contribution is -0.135. The molecule has 0 heterocycles. The summed E-state index contributed by atoms with van der Waals surface area (Å²) in [7, 11) is 3.43. The van der Waals surface area contributed by atoms with Crippen LogP contribution in [-0.4, -0.2) is 37.6 Å². The normalized spacial score (nSPS) is 11.7. The summed E-state index contributed by atoms with van der Waals surface area (Å²) in [6.07, 6.45) is -0.564. The van der Waals surface area contributed by atoms with Gasteiger partial charge in [-0.25, -0.2) is 0 Å². The van der Waals surface area contributed by atoms with Gasteiger partial charge < -0.3 is 19.7 Å². The first kappa shape index (κ1) is 19.8. The molecule has 0 aromatic heterocycles. The van der Waals surface area contributed by atoms with Crippen LogP contribution in [0.5, 0.6) is 11.5 Å². The molecule has 0 spiro atoms. The lowest BCUT2D eigenvalue weighted by Crippen LogP contribution is -2.35. The number of rotatable bonds is 9. The predicted octanol–water partition coefficient (Wildman–Crippen LogP) is 3.23. The zero-order valence-corrected chi connectivity index (χ0v) is 16.0. The molecule has 0 saturated heterocycles. The van der Waals surface area contributed by atoms with Crippen LogP contribution in [0.1, 0.15) is 25.0 Å². The number of hydrogen-bond donors (Lipinski definition) is 1. The van der Waals surface area contributed by atoms with Crippen LogP contribution in [0.2, 0.25) is 0 Å². The molecule has 0 aliphatic rings. The minimum Gasteiger partial charge on any atom is -0.490 e. The Morgan fingerprint density at radius 2 is 1.73 bits per heavy atom. The first-order chi connectivity index (χ1) is 12.5. The molecular weight excluding hydrogens is 328 g/mol. The van der Waals surface area contributed by atoms with Crippen molar-refractivity contribution in [3.63, 3.8) is 0 Å². The molecule has 1 amide bonds. The Bertz CT molecular complexity index is 702. The Morgan fingerprint density at radius 3 is 2.38 bits per heavy atom. The zero-order valence-electron chi connectivity index (χ0n) is 16.0. The van der Waals surface area contributed by atoms with Crippen LogP contribution in [0, 0.1) is 0 Å². The second-order valence-corrected chi connectivity index (χ2v) is 6.30. The Labute approximate surface area is 155 Å². The summed E-state index contributed by atoms with van der Waals surface area (Å²) in [5, 5.41) is 3.42. The van der Waals surface area contributed by atoms with Crippen molar-refractivity contribution in [2.75, 3.05) is 20.7 Å². The number of ether oxygens (including phenoxy) is 2. The largest absolute Gasteiger partial charge is 0.490 e. The molecule has 2 rings (SSSR count). The summed E-state index contributed by atoms with van der Waals surface area (Å²) in [6.45, 7) is 5.73. The summed E-state index contributed by atoms with van der Waals surface area (Å²) < 4.78 is 11.5. The molecule has 0 fully saturated rings. The van der Waals surface area contributed by atoms with Crippen molar-refractivity contribution >= 4 is 5.91 Å². The summed E-state index contributed by atoms with van der Waals surface area (Å²) in [4.78, 5) is 13.5. The van der Waals surface area contributed by atoms with Crippen molar-refractivity contribution in [1.82, 2.24) is 10.2 Å². The van der Waals surface area contributed by atoms with Gasteiger partial charge in [0.25, 0.3) is 5.91 Å². The van der Waals surface area contributed by atoms with Gasteiger partial charge in [-0.15, -0.1) is 0 Å². The highest BCUT2D eigenvalue weighted by Crippen LogP contribution is 2.29. The fraction of sp³-hybridized carbons (Fsp3) is 0.381. The van der Waals surface area contributed by atoms with Crippen LogP contribution in [-0.2, 0) is 17.9 Å². The highest BCUT2D eigenvalue weighted by molar-refractivity contribution is 5.80. The van der Waals surface area contributed by atoms with E-state index in [0.717, 1.165) is 18.7 Å². The maximum Gasteiger partial charge on any atom is 0.262 e. The summed E-state index contributed by atoms with van der Waals surface area (Å²) in [5.41, 5.74) is 2.34. The van der Waals surface area contributed by atoms with Crippen molar-refractivity contribution in [3.8, 4) is 11.5 Å². The minimum atomic E-state index is -0.564. The molecule has 5 heteroatoms. The predicted molar refractivity (Wildman–Crippen MR) is 103 cm³/mol. The monoisotopic (exact) mass is 356 g/mol. The van der Waals surface area contributed by atoms with Crippen molar-refractivity contribution in [3.05, 3.63) is 59.7 Å². The van der Waals surface area contributed by atoms with E-state index in [4.69, 9.17) is 9.47 Å². The number of nitrogens with zero attached hydrogens (tertiary/aromatic N) is 1. The average Bonchev–Trinajstić information content (AvgIpc) is 2.64. The molecule has 0 aliphatic heterocycles. The Morgan fingerprint density at radius 1 is 1.04 bits per heavy atom. The molecule has 5 nitrogen and oxygen atoms in total. The number of carbonyl (C=O) groups is 1. The zero-order chi connectivity index (χ0) is 18.9. The van der Waals surface area contributed by atoms with Gasteiger partial charge in [0, 0.05) is 27.2 Å². The second-order valence-electron chi connectivity index (χ2n) is 6.30. The van der Waals surface area contributed by atoms with Crippen LogP contribution in [0.4, 0.5) is 0 Å². The van der Waals surface area contributed by atoms with Gasteiger partial charge in [-0.2, -0.15) is 0 Å². The van der Waals surface area contributed by atoms with Gasteiger partial charge in [0.1, 0.15) is 0 Å². The Kier molecular flexibility index (Phi) is 7.48. The summed E-state index contributed by atoms with van der Waals surface area (Å²) in [5.74, 6) is 1.16. The van der Waals surface area contributed by atoms with Gasteiger partial charge in [-0.1, -0.05) is 36.4 Å². The van der Waals surface area contributed by atoms with Gasteiger partial charge >= 0.3 is 0 Å². The molecule has 26 heavy (non-hydrogen) atoms. The molecule has 0 bridgehead atoms. The summed E-state index contributed by atoms with van der Waals surface area (Å²) in [6, 6.07) is 16.1. The van der Waals surface area contributed by atoms with E-state index in [-0.39, 0.29) is 5.91 Å². The van der Waals surface area contributed by atoms with E-state index >= 15 is 0 Å². The van der Waals surface area contributed by atoms with E-state index in [0.29, 0.717) is 18.1 Å². The molecule has 0 radical (unpaired) electrons. The highest BCUT2D eigenvalue weighted by Gasteiger charge is 2.18. The second kappa shape index (κ2) is 9.82. The van der Waals surface area contributed by atoms with Crippen molar-refractivity contribution in [2.45, 2.75) is 33.0 Å². The van der Waals surface area contributed by atoms with Crippen LogP contribution in [0.15, 0.2) is 48.5 Å². The maximum atomic E-state index is 12.0. The molecule has 140 valence electrons. The van der Waals surface area contributed by atoms with Gasteiger partial charge in [-0.05, 0) is 37.1 Å². The molecule has 0 aliphatic carbocycles. The molecular formula is C21H28N2O3. The van der Waals surface area contributed by atoms with Gasteiger partial charge in [0.05, 0.1) is 6.61 Å². The molecule has 2 aromatic rings. The van der Waals surface area contributed by atoms with E-state index in [1.807, 2.05) is 43.3 Å². The van der Waals surface area contributed by atoms with Gasteiger partial charge in [-0.3, -0.25) is 4.79 Å². The van der Waals surface area contributed by atoms with Crippen molar-refractivity contribution in [1.29, 1.82) is 0 Å². The molecule has 2 aromatic carbocycles. The average molecular weight is 356 g/mol. The van der Waals surface area contributed by atoms with Crippen LogP contribution < -0.4 is 14.8 Å². The Hall–Kier alpha value is -2.53. The van der Waals surface area contributed by atoms with Crippen LogP contribution in [0.25, 0.3) is 0 Å². The fourth-order valence-electron chi connectivity index (χ4n) is 2.58. The van der Waals surface area contributed by atoms with E-state index in [9.17, 15) is 4.79 Å². The number of benzene rings is 2. The van der Waals surface area contributed by atoms with E-state index < -0.39 is 6.10 Å². The van der Waals surface area contributed by atoms with E-state index in [2.05, 4.69) is 17.4 Å². The standard InChI is InChI=1S/C21H28N2O3/c1-5-25-20-13-18(15-22-14-17-9-7-6-8-10-17)11-12-19(20)26-16(2)21(24)23(3)4/h6-13,16,22H,5,14-15H2,1-4H3.